The van der Waals surface area contributed by atoms with E-state index in [0.717, 1.165) is 0 Å². The minimum absolute atomic E-state index is 0.00116. The van der Waals surface area contributed by atoms with E-state index in [1.165, 1.54) is 0 Å². The quantitative estimate of drug-likeness (QED) is 0.709. The topological polar surface area (TPSA) is 71.3 Å². The number of hydrogen-bond acceptors (Lipinski definition) is 3. The normalized spacial score (nSPS) is 21.7. The summed E-state index contributed by atoms with van der Waals surface area (Å²) in [6.45, 7) is 2.16. The summed E-state index contributed by atoms with van der Waals surface area (Å²) in [6, 6.07) is 3.57. The summed E-state index contributed by atoms with van der Waals surface area (Å²) in [4.78, 5) is 16.7. The van der Waals surface area contributed by atoms with Crippen LogP contribution in [0.2, 0.25) is 0 Å². The highest BCUT2D eigenvalue weighted by molar-refractivity contribution is 5.92. The SMILES string of the molecule is NCC1COCCN1C(=O)c1ccc[nH]1. The van der Waals surface area contributed by atoms with Crippen LogP contribution in [0.4, 0.5) is 0 Å². The Labute approximate surface area is 88.2 Å². The fraction of sp³-hybridized carbons (Fsp3) is 0.500. The monoisotopic (exact) mass is 209 g/mol. The molecule has 3 N–H and O–H groups in total. The number of carbonyl (C=O) groups is 1. The second-order valence-corrected chi connectivity index (χ2v) is 3.55. The molecule has 1 saturated heterocycles. The van der Waals surface area contributed by atoms with Gasteiger partial charge in [0.25, 0.3) is 5.91 Å². The Hall–Kier alpha value is -1.33. The van der Waals surface area contributed by atoms with Gasteiger partial charge in [0.2, 0.25) is 0 Å². The number of carbonyl (C=O) groups excluding carboxylic acids is 1. The van der Waals surface area contributed by atoms with E-state index in [4.69, 9.17) is 10.5 Å². The van der Waals surface area contributed by atoms with E-state index in [9.17, 15) is 4.79 Å². The summed E-state index contributed by atoms with van der Waals surface area (Å²) in [5, 5.41) is 0. The summed E-state index contributed by atoms with van der Waals surface area (Å²) in [5.41, 5.74) is 6.21. The first-order chi connectivity index (χ1) is 7.33. The molecule has 1 fully saturated rings. The van der Waals surface area contributed by atoms with Crippen molar-refractivity contribution >= 4 is 5.91 Å². The molecular weight excluding hydrogens is 194 g/mol. The summed E-state index contributed by atoms with van der Waals surface area (Å²) in [5.74, 6) is -0.00116. The van der Waals surface area contributed by atoms with Crippen LogP contribution in [0.15, 0.2) is 18.3 Å². The van der Waals surface area contributed by atoms with E-state index in [1.807, 2.05) is 6.07 Å². The number of H-pyrrole nitrogens is 1. The van der Waals surface area contributed by atoms with Crippen molar-refractivity contribution in [3.63, 3.8) is 0 Å². The molecule has 82 valence electrons. The molecule has 1 aromatic heterocycles. The van der Waals surface area contributed by atoms with E-state index in [1.54, 1.807) is 17.2 Å². The number of nitrogens with zero attached hydrogens (tertiary/aromatic N) is 1. The molecule has 0 saturated carbocycles. The maximum atomic E-state index is 12.0. The summed E-state index contributed by atoms with van der Waals surface area (Å²) >= 11 is 0. The van der Waals surface area contributed by atoms with Crippen molar-refractivity contribution in [3.05, 3.63) is 24.0 Å². The maximum absolute atomic E-state index is 12.0. The predicted molar refractivity (Wildman–Crippen MR) is 55.5 cm³/mol. The zero-order valence-corrected chi connectivity index (χ0v) is 8.48. The second kappa shape index (κ2) is 4.46. The van der Waals surface area contributed by atoms with Crippen molar-refractivity contribution in [2.45, 2.75) is 6.04 Å². The Morgan fingerprint density at radius 2 is 2.60 bits per heavy atom. The fourth-order valence-corrected chi connectivity index (χ4v) is 1.74. The first-order valence-electron chi connectivity index (χ1n) is 5.05. The molecule has 0 aliphatic carbocycles. The maximum Gasteiger partial charge on any atom is 0.270 e. The van der Waals surface area contributed by atoms with Gasteiger partial charge in [-0.3, -0.25) is 4.79 Å². The number of ether oxygens (including phenoxy) is 1. The standard InChI is InChI=1S/C10H15N3O2/c11-6-8-7-15-5-4-13(8)10(14)9-2-1-3-12-9/h1-3,8,12H,4-7,11H2. The highest BCUT2D eigenvalue weighted by Crippen LogP contribution is 2.10. The third-order valence-electron chi connectivity index (χ3n) is 2.59. The lowest BCUT2D eigenvalue weighted by atomic mass is 10.2. The largest absolute Gasteiger partial charge is 0.377 e. The highest BCUT2D eigenvalue weighted by atomic mass is 16.5. The number of nitrogens with two attached hydrogens (primary N) is 1. The van der Waals surface area contributed by atoms with Gasteiger partial charge in [-0.15, -0.1) is 0 Å². The van der Waals surface area contributed by atoms with Crippen LogP contribution in [-0.2, 0) is 4.74 Å². The average molecular weight is 209 g/mol. The summed E-state index contributed by atoms with van der Waals surface area (Å²) in [7, 11) is 0. The molecule has 1 aliphatic rings. The van der Waals surface area contributed by atoms with E-state index >= 15 is 0 Å². The molecule has 15 heavy (non-hydrogen) atoms. The Bertz CT molecular complexity index is 323. The van der Waals surface area contributed by atoms with E-state index in [0.29, 0.717) is 32.0 Å². The number of nitrogens with one attached hydrogen (secondary N) is 1. The zero-order valence-electron chi connectivity index (χ0n) is 8.48. The summed E-state index contributed by atoms with van der Waals surface area (Å²) < 4.78 is 5.29. The molecule has 2 rings (SSSR count). The smallest absolute Gasteiger partial charge is 0.270 e. The Morgan fingerprint density at radius 3 is 3.27 bits per heavy atom. The predicted octanol–water partition coefficient (Wildman–Crippen LogP) is -0.186. The molecule has 1 unspecified atom stereocenters. The van der Waals surface area contributed by atoms with E-state index in [2.05, 4.69) is 4.98 Å². The number of aromatic amines is 1. The Balaban J connectivity index is 2.11. The minimum Gasteiger partial charge on any atom is -0.377 e. The van der Waals surface area contributed by atoms with Gasteiger partial charge < -0.3 is 20.4 Å². The van der Waals surface area contributed by atoms with Gasteiger partial charge >= 0.3 is 0 Å². The van der Waals surface area contributed by atoms with Crippen molar-refractivity contribution in [1.82, 2.24) is 9.88 Å². The zero-order chi connectivity index (χ0) is 10.7. The lowest BCUT2D eigenvalue weighted by Gasteiger charge is -2.34. The summed E-state index contributed by atoms with van der Waals surface area (Å²) in [6.07, 6.45) is 1.74. The molecule has 1 amide bonds. The number of amides is 1. The number of aromatic nitrogens is 1. The second-order valence-electron chi connectivity index (χ2n) is 3.55. The first kappa shape index (κ1) is 10.2. The van der Waals surface area contributed by atoms with Crippen LogP contribution < -0.4 is 5.73 Å². The van der Waals surface area contributed by atoms with Crippen LogP contribution in [-0.4, -0.2) is 48.1 Å². The van der Waals surface area contributed by atoms with Gasteiger partial charge in [-0.05, 0) is 12.1 Å². The molecule has 1 atom stereocenters. The molecular formula is C10H15N3O2. The van der Waals surface area contributed by atoms with E-state index in [-0.39, 0.29) is 11.9 Å². The van der Waals surface area contributed by atoms with Crippen LogP contribution >= 0.6 is 0 Å². The Kier molecular flexibility index (Phi) is 3.03. The van der Waals surface area contributed by atoms with Gasteiger partial charge in [-0.1, -0.05) is 0 Å². The van der Waals surface area contributed by atoms with Crippen molar-refractivity contribution in [3.8, 4) is 0 Å². The van der Waals surface area contributed by atoms with Crippen LogP contribution in [0.5, 0.6) is 0 Å². The minimum atomic E-state index is -0.00505. The van der Waals surface area contributed by atoms with Gasteiger partial charge in [-0.2, -0.15) is 0 Å². The van der Waals surface area contributed by atoms with Gasteiger partial charge in [0.15, 0.2) is 0 Å². The molecule has 2 heterocycles. The number of morpholine rings is 1. The van der Waals surface area contributed by atoms with Crippen molar-refractivity contribution in [2.75, 3.05) is 26.3 Å². The number of rotatable bonds is 2. The van der Waals surface area contributed by atoms with Crippen molar-refractivity contribution < 1.29 is 9.53 Å². The first-order valence-corrected chi connectivity index (χ1v) is 5.05. The number of hydrogen-bond donors (Lipinski definition) is 2. The Morgan fingerprint density at radius 1 is 1.73 bits per heavy atom. The highest BCUT2D eigenvalue weighted by Gasteiger charge is 2.27. The lowest BCUT2D eigenvalue weighted by Crippen LogP contribution is -2.52. The van der Waals surface area contributed by atoms with Crippen LogP contribution in [0.3, 0.4) is 0 Å². The third kappa shape index (κ3) is 2.03. The van der Waals surface area contributed by atoms with Crippen molar-refractivity contribution in [1.29, 1.82) is 0 Å². The molecule has 1 aromatic rings. The van der Waals surface area contributed by atoms with Crippen LogP contribution in [0, 0.1) is 0 Å². The molecule has 0 spiro atoms. The van der Waals surface area contributed by atoms with Crippen LogP contribution in [0.25, 0.3) is 0 Å². The lowest BCUT2D eigenvalue weighted by molar-refractivity contribution is 0.000562. The van der Waals surface area contributed by atoms with Gasteiger partial charge in [0, 0.05) is 19.3 Å². The molecule has 5 heteroatoms. The van der Waals surface area contributed by atoms with Crippen LogP contribution in [0.1, 0.15) is 10.5 Å². The van der Waals surface area contributed by atoms with Gasteiger partial charge in [-0.25, -0.2) is 0 Å². The molecule has 0 bridgehead atoms. The van der Waals surface area contributed by atoms with E-state index < -0.39 is 0 Å². The molecule has 5 nitrogen and oxygen atoms in total. The molecule has 1 aliphatic heterocycles. The third-order valence-corrected chi connectivity index (χ3v) is 2.59. The molecule has 0 aromatic carbocycles. The fourth-order valence-electron chi connectivity index (χ4n) is 1.74. The van der Waals surface area contributed by atoms with Gasteiger partial charge in [0.05, 0.1) is 19.3 Å². The van der Waals surface area contributed by atoms with Crippen molar-refractivity contribution in [2.24, 2.45) is 5.73 Å². The average Bonchev–Trinajstić information content (AvgIpc) is 2.81. The molecule has 0 radical (unpaired) electrons. The van der Waals surface area contributed by atoms with Gasteiger partial charge in [0.1, 0.15) is 5.69 Å².